The maximum Gasteiger partial charge on any atom is 0.276 e. The van der Waals surface area contributed by atoms with Gasteiger partial charge in [0.15, 0.2) is 17.3 Å². The monoisotopic (exact) mass is 489 g/mol. The van der Waals surface area contributed by atoms with E-state index < -0.39 is 0 Å². The van der Waals surface area contributed by atoms with Crippen LogP contribution in [-0.4, -0.2) is 21.7 Å². The van der Waals surface area contributed by atoms with Gasteiger partial charge in [0.05, 0.1) is 16.7 Å². The van der Waals surface area contributed by atoms with Crippen LogP contribution in [0.3, 0.4) is 0 Å². The molecule has 0 fully saturated rings. The molecule has 6 nitrogen and oxygen atoms in total. The third kappa shape index (κ3) is 4.27. The third-order valence-electron chi connectivity index (χ3n) is 5.36. The van der Waals surface area contributed by atoms with Crippen molar-refractivity contribution >= 4 is 34.0 Å². The largest absolute Gasteiger partial charge is 0.493 e. The van der Waals surface area contributed by atoms with Crippen molar-refractivity contribution in [1.29, 1.82) is 0 Å². The van der Waals surface area contributed by atoms with Gasteiger partial charge in [-0.05, 0) is 48.4 Å². The minimum absolute atomic E-state index is 0.196. The van der Waals surface area contributed by atoms with Crippen molar-refractivity contribution in [2.24, 2.45) is 0 Å². The number of benzene rings is 3. The summed E-state index contributed by atoms with van der Waals surface area (Å²) in [5.41, 5.74) is 3.56. The quantitative estimate of drug-likeness (QED) is 0.339. The molecule has 2 heterocycles. The van der Waals surface area contributed by atoms with Gasteiger partial charge in [0.1, 0.15) is 6.61 Å². The zero-order valence-electron chi connectivity index (χ0n) is 18.5. The normalized spacial score (nSPS) is 11.8. The molecule has 5 aromatic rings. The van der Waals surface area contributed by atoms with Gasteiger partial charge in [-0.2, -0.15) is 0 Å². The molecular weight excluding hydrogens is 470 g/mol. The highest BCUT2D eigenvalue weighted by Gasteiger charge is 2.16. The van der Waals surface area contributed by atoms with Crippen molar-refractivity contribution in [3.63, 3.8) is 0 Å². The van der Waals surface area contributed by atoms with E-state index in [2.05, 4.69) is 29.3 Å². The van der Waals surface area contributed by atoms with Crippen LogP contribution in [0.5, 0.6) is 11.5 Å². The number of ether oxygens (including phenoxy) is 2. The van der Waals surface area contributed by atoms with Crippen LogP contribution in [0.25, 0.3) is 22.4 Å². The number of halogens is 1. The molecule has 0 atom stereocenters. The van der Waals surface area contributed by atoms with Gasteiger partial charge in [-0.15, -0.1) is 10.2 Å². The minimum atomic E-state index is -0.196. The van der Waals surface area contributed by atoms with Crippen molar-refractivity contribution in [2.45, 2.75) is 13.5 Å². The lowest BCUT2D eigenvalue weighted by atomic mass is 10.1. The summed E-state index contributed by atoms with van der Waals surface area (Å²) in [6.45, 7) is 2.49. The van der Waals surface area contributed by atoms with Crippen molar-refractivity contribution in [3.05, 3.63) is 103 Å². The van der Waals surface area contributed by atoms with Crippen LogP contribution in [0.4, 0.5) is 0 Å². The Morgan fingerprint density at radius 3 is 2.59 bits per heavy atom. The van der Waals surface area contributed by atoms with Crippen LogP contribution in [0.15, 0.2) is 71.5 Å². The first-order valence-corrected chi connectivity index (χ1v) is 11.7. The second-order valence-electron chi connectivity index (χ2n) is 7.72. The lowest BCUT2D eigenvalue weighted by Crippen LogP contribution is -2.23. The van der Waals surface area contributed by atoms with E-state index in [1.807, 2.05) is 54.6 Å². The first kappa shape index (κ1) is 22.1. The smallest absolute Gasteiger partial charge is 0.276 e. The lowest BCUT2D eigenvalue weighted by molar-refractivity contribution is 0.284. The standard InChI is InChI=1S/C26H20ClN3O3S/c1-16-7-9-17(10-8-16)15-33-21-12-11-18(13-22(21)32-2)14-23-25(31)30-24(28-29-26(30)34-23)19-5-3-4-6-20(19)27/h3-14H,15H2,1-2H3/b23-14-. The molecule has 0 unspecified atom stereocenters. The van der Waals surface area contributed by atoms with Crippen LogP contribution in [0.1, 0.15) is 16.7 Å². The van der Waals surface area contributed by atoms with Gasteiger partial charge >= 0.3 is 0 Å². The average Bonchev–Trinajstić information content (AvgIpc) is 3.39. The molecule has 34 heavy (non-hydrogen) atoms. The van der Waals surface area contributed by atoms with Gasteiger partial charge in [0, 0.05) is 5.56 Å². The molecular formula is C26H20ClN3O3S. The van der Waals surface area contributed by atoms with Crippen LogP contribution in [0.2, 0.25) is 5.02 Å². The summed E-state index contributed by atoms with van der Waals surface area (Å²) in [5.74, 6) is 1.65. The number of fused-ring (bicyclic) bond motifs is 1. The Morgan fingerprint density at radius 1 is 1.03 bits per heavy atom. The van der Waals surface area contributed by atoms with Gasteiger partial charge in [0.25, 0.3) is 5.56 Å². The predicted molar refractivity (Wildman–Crippen MR) is 135 cm³/mol. The molecule has 0 spiro atoms. The number of aryl methyl sites for hydroxylation is 1. The number of rotatable bonds is 6. The molecule has 0 aliphatic heterocycles. The van der Waals surface area contributed by atoms with E-state index in [9.17, 15) is 4.79 Å². The Bertz CT molecular complexity index is 1590. The topological polar surface area (TPSA) is 65.7 Å². The second-order valence-corrected chi connectivity index (χ2v) is 9.14. The summed E-state index contributed by atoms with van der Waals surface area (Å²) < 4.78 is 13.5. The summed E-state index contributed by atoms with van der Waals surface area (Å²) in [5, 5.41) is 8.86. The maximum atomic E-state index is 13.2. The molecule has 8 heteroatoms. The van der Waals surface area contributed by atoms with E-state index in [0.717, 1.165) is 11.1 Å². The van der Waals surface area contributed by atoms with Gasteiger partial charge < -0.3 is 9.47 Å². The van der Waals surface area contributed by atoms with Crippen LogP contribution >= 0.6 is 22.9 Å². The predicted octanol–water partition coefficient (Wildman–Crippen LogP) is 4.92. The summed E-state index contributed by atoms with van der Waals surface area (Å²) in [7, 11) is 1.59. The Hall–Kier alpha value is -3.68. The van der Waals surface area contributed by atoms with Crippen LogP contribution < -0.4 is 19.6 Å². The highest BCUT2D eigenvalue weighted by molar-refractivity contribution is 7.15. The third-order valence-corrected chi connectivity index (χ3v) is 6.65. The molecule has 0 saturated heterocycles. The molecule has 0 radical (unpaired) electrons. The van der Waals surface area contributed by atoms with E-state index in [1.165, 1.54) is 21.3 Å². The van der Waals surface area contributed by atoms with Gasteiger partial charge in [-0.1, -0.05) is 71.0 Å². The van der Waals surface area contributed by atoms with Crippen molar-refractivity contribution in [3.8, 4) is 22.9 Å². The SMILES string of the molecule is COc1cc(/C=c2\sc3nnc(-c4ccccc4Cl)n3c2=O)ccc1OCc1ccc(C)cc1. The molecule has 0 aliphatic carbocycles. The van der Waals surface area contributed by atoms with Crippen molar-refractivity contribution < 1.29 is 9.47 Å². The molecule has 0 bridgehead atoms. The zero-order chi connectivity index (χ0) is 23.7. The number of thiazole rings is 1. The molecule has 3 aromatic carbocycles. The first-order chi connectivity index (χ1) is 16.5. The second kappa shape index (κ2) is 9.29. The summed E-state index contributed by atoms with van der Waals surface area (Å²) in [6.07, 6.45) is 1.81. The fourth-order valence-corrected chi connectivity index (χ4v) is 4.70. The molecule has 170 valence electrons. The van der Waals surface area contributed by atoms with E-state index in [-0.39, 0.29) is 5.56 Å². The average molecular weight is 490 g/mol. The van der Waals surface area contributed by atoms with Crippen molar-refractivity contribution in [2.75, 3.05) is 7.11 Å². The highest BCUT2D eigenvalue weighted by Crippen LogP contribution is 2.29. The van der Waals surface area contributed by atoms with Gasteiger partial charge in [-0.3, -0.25) is 4.79 Å². The zero-order valence-corrected chi connectivity index (χ0v) is 20.1. The number of hydrogen-bond acceptors (Lipinski definition) is 6. The van der Waals surface area contributed by atoms with E-state index in [0.29, 0.717) is 44.0 Å². The van der Waals surface area contributed by atoms with Crippen LogP contribution in [0, 0.1) is 6.92 Å². The molecule has 0 aliphatic rings. The Labute approximate surface area is 204 Å². The number of hydrogen-bond donors (Lipinski definition) is 0. The van der Waals surface area contributed by atoms with Crippen molar-refractivity contribution in [1.82, 2.24) is 14.6 Å². The van der Waals surface area contributed by atoms with Crippen LogP contribution in [-0.2, 0) is 6.61 Å². The lowest BCUT2D eigenvalue weighted by Gasteiger charge is -2.11. The Morgan fingerprint density at radius 2 is 1.82 bits per heavy atom. The van der Waals surface area contributed by atoms with Gasteiger partial charge in [0.2, 0.25) is 4.96 Å². The van der Waals surface area contributed by atoms with E-state index in [1.54, 1.807) is 13.2 Å². The fraction of sp³-hybridized carbons (Fsp3) is 0.115. The fourth-order valence-electron chi connectivity index (χ4n) is 3.57. The Balaban J connectivity index is 1.47. The molecule has 2 aromatic heterocycles. The Kier molecular flexibility index (Phi) is 6.04. The number of methoxy groups -OCH3 is 1. The molecule has 0 saturated carbocycles. The summed E-state index contributed by atoms with van der Waals surface area (Å²) in [4.78, 5) is 13.7. The van der Waals surface area contributed by atoms with E-state index >= 15 is 0 Å². The van der Waals surface area contributed by atoms with Gasteiger partial charge in [-0.25, -0.2) is 4.40 Å². The highest BCUT2D eigenvalue weighted by atomic mass is 35.5. The summed E-state index contributed by atoms with van der Waals surface area (Å²) in [6, 6.07) is 21.0. The summed E-state index contributed by atoms with van der Waals surface area (Å²) >= 11 is 7.58. The molecule has 0 amide bonds. The minimum Gasteiger partial charge on any atom is -0.493 e. The van der Waals surface area contributed by atoms with E-state index in [4.69, 9.17) is 21.1 Å². The maximum absolute atomic E-state index is 13.2. The molecule has 0 N–H and O–H groups in total. The molecule has 5 rings (SSSR count). The number of aromatic nitrogens is 3. The first-order valence-electron chi connectivity index (χ1n) is 10.5. The number of nitrogens with zero attached hydrogens (tertiary/aromatic N) is 3.